The molecule has 2 N–H and O–H groups in total. The minimum absolute atomic E-state index is 0.0355. The molecule has 0 unspecified atom stereocenters. The van der Waals surface area contributed by atoms with Gasteiger partial charge in [0.25, 0.3) is 0 Å². The Morgan fingerprint density at radius 1 is 0.957 bits per heavy atom. The molecule has 0 saturated heterocycles. The lowest BCUT2D eigenvalue weighted by Gasteiger charge is -2.55. The fourth-order valence-electron chi connectivity index (χ4n) is 6.40. The Balaban J connectivity index is 1.32. The van der Waals surface area contributed by atoms with Crippen molar-refractivity contribution >= 4 is 5.91 Å². The van der Waals surface area contributed by atoms with E-state index in [2.05, 4.69) is 24.5 Å². The molecule has 5 fully saturated rings. The van der Waals surface area contributed by atoms with Crippen molar-refractivity contribution in [1.82, 2.24) is 10.6 Å². The lowest BCUT2D eigenvalue weighted by molar-refractivity contribution is -0.125. The molecule has 5 aliphatic carbocycles. The fraction of sp³-hybridized carbons (Fsp3) is 0.950. The SMILES string of the molecule is C[C@@H](NC1C2CC3CC(C2)CC1C3)C(=O)N[C@H]1CCCC[C@@H]1C. The third-order valence-electron chi connectivity index (χ3n) is 7.50. The van der Waals surface area contributed by atoms with Gasteiger partial charge in [0.05, 0.1) is 6.04 Å². The molecule has 1 amide bonds. The van der Waals surface area contributed by atoms with Crippen LogP contribution < -0.4 is 10.6 Å². The largest absolute Gasteiger partial charge is 0.352 e. The average molecular weight is 319 g/mol. The van der Waals surface area contributed by atoms with E-state index >= 15 is 0 Å². The second-order valence-electron chi connectivity index (χ2n) is 9.22. The van der Waals surface area contributed by atoms with Crippen molar-refractivity contribution in [1.29, 1.82) is 0 Å². The van der Waals surface area contributed by atoms with Gasteiger partial charge < -0.3 is 10.6 Å². The van der Waals surface area contributed by atoms with Crippen molar-refractivity contribution in [2.75, 3.05) is 0 Å². The van der Waals surface area contributed by atoms with Crippen LogP contribution in [-0.2, 0) is 4.79 Å². The van der Waals surface area contributed by atoms with Crippen LogP contribution in [0, 0.1) is 29.6 Å². The van der Waals surface area contributed by atoms with Gasteiger partial charge in [0, 0.05) is 12.1 Å². The first-order valence-corrected chi connectivity index (χ1v) is 10.2. The van der Waals surface area contributed by atoms with E-state index in [0.29, 0.717) is 18.0 Å². The summed E-state index contributed by atoms with van der Waals surface area (Å²) in [5.74, 6) is 4.56. The van der Waals surface area contributed by atoms with E-state index < -0.39 is 0 Å². The maximum absolute atomic E-state index is 12.6. The van der Waals surface area contributed by atoms with Crippen LogP contribution in [0.1, 0.15) is 71.6 Å². The van der Waals surface area contributed by atoms with E-state index in [1.54, 1.807) is 0 Å². The third kappa shape index (κ3) is 3.18. The van der Waals surface area contributed by atoms with Crippen molar-refractivity contribution in [3.8, 4) is 0 Å². The predicted molar refractivity (Wildman–Crippen MR) is 93.0 cm³/mol. The highest BCUT2D eigenvalue weighted by Gasteiger charge is 2.48. The molecule has 0 aromatic heterocycles. The Hall–Kier alpha value is -0.570. The number of carbonyl (C=O) groups is 1. The number of carbonyl (C=O) groups excluding carboxylic acids is 1. The highest BCUT2D eigenvalue weighted by atomic mass is 16.2. The molecule has 5 saturated carbocycles. The molecule has 5 aliphatic rings. The molecule has 0 heterocycles. The van der Waals surface area contributed by atoms with Crippen molar-refractivity contribution < 1.29 is 4.79 Å². The monoisotopic (exact) mass is 318 g/mol. The first-order chi connectivity index (χ1) is 11.1. The molecule has 0 spiro atoms. The third-order valence-corrected chi connectivity index (χ3v) is 7.50. The Bertz CT molecular complexity index is 421. The normalized spacial score (nSPS) is 46.6. The van der Waals surface area contributed by atoms with Crippen LogP contribution in [-0.4, -0.2) is 24.0 Å². The van der Waals surface area contributed by atoms with Crippen LogP contribution in [0.4, 0.5) is 0 Å². The minimum Gasteiger partial charge on any atom is -0.352 e. The number of hydrogen-bond acceptors (Lipinski definition) is 2. The van der Waals surface area contributed by atoms with Crippen molar-refractivity contribution in [3.63, 3.8) is 0 Å². The minimum atomic E-state index is -0.0355. The number of hydrogen-bond donors (Lipinski definition) is 2. The fourth-order valence-corrected chi connectivity index (χ4v) is 6.40. The number of rotatable bonds is 4. The molecule has 0 aromatic carbocycles. The summed E-state index contributed by atoms with van der Waals surface area (Å²) in [6.07, 6.45) is 12.2. The maximum atomic E-state index is 12.6. The molecular weight excluding hydrogens is 284 g/mol. The molecular formula is C20H34N2O. The predicted octanol–water partition coefficient (Wildman–Crippen LogP) is 3.48. The molecule has 130 valence electrons. The van der Waals surface area contributed by atoms with Crippen LogP contribution in [0.3, 0.4) is 0 Å². The summed E-state index contributed by atoms with van der Waals surface area (Å²) in [5, 5.41) is 7.09. The van der Waals surface area contributed by atoms with Gasteiger partial charge >= 0.3 is 0 Å². The summed E-state index contributed by atoms with van der Waals surface area (Å²) >= 11 is 0. The lowest BCUT2D eigenvalue weighted by Crippen LogP contribution is -2.59. The van der Waals surface area contributed by atoms with Crippen molar-refractivity contribution in [3.05, 3.63) is 0 Å². The molecule has 23 heavy (non-hydrogen) atoms. The molecule has 3 nitrogen and oxygen atoms in total. The summed E-state index contributed by atoms with van der Waals surface area (Å²) < 4.78 is 0. The van der Waals surface area contributed by atoms with Gasteiger partial charge in [-0.25, -0.2) is 0 Å². The van der Waals surface area contributed by atoms with E-state index in [9.17, 15) is 4.79 Å². The smallest absolute Gasteiger partial charge is 0.237 e. The second-order valence-corrected chi connectivity index (χ2v) is 9.22. The zero-order chi connectivity index (χ0) is 16.0. The van der Waals surface area contributed by atoms with Crippen LogP contribution >= 0.6 is 0 Å². The van der Waals surface area contributed by atoms with E-state index in [1.165, 1.54) is 51.4 Å². The summed E-state index contributed by atoms with van der Waals surface area (Å²) in [6.45, 7) is 4.37. The van der Waals surface area contributed by atoms with Crippen molar-refractivity contribution in [2.45, 2.75) is 89.8 Å². The number of nitrogens with one attached hydrogen (secondary N) is 2. The topological polar surface area (TPSA) is 41.1 Å². The first-order valence-electron chi connectivity index (χ1n) is 10.2. The van der Waals surface area contributed by atoms with E-state index in [1.807, 2.05) is 0 Å². The van der Waals surface area contributed by atoms with Gasteiger partial charge in [-0.2, -0.15) is 0 Å². The Morgan fingerprint density at radius 2 is 1.57 bits per heavy atom. The van der Waals surface area contributed by atoms with E-state index in [4.69, 9.17) is 0 Å². The first kappa shape index (κ1) is 15.9. The summed E-state index contributed by atoms with van der Waals surface area (Å²) in [4.78, 5) is 12.6. The van der Waals surface area contributed by atoms with Gasteiger partial charge in [-0.15, -0.1) is 0 Å². The molecule has 0 aromatic rings. The van der Waals surface area contributed by atoms with Crippen LogP contribution in [0.2, 0.25) is 0 Å². The van der Waals surface area contributed by atoms with Crippen LogP contribution in [0.25, 0.3) is 0 Å². The molecule has 0 aliphatic heterocycles. The zero-order valence-electron chi connectivity index (χ0n) is 14.9. The summed E-state index contributed by atoms with van der Waals surface area (Å²) in [5.41, 5.74) is 0. The zero-order valence-corrected chi connectivity index (χ0v) is 14.9. The molecule has 4 bridgehead atoms. The van der Waals surface area contributed by atoms with Crippen LogP contribution in [0.15, 0.2) is 0 Å². The van der Waals surface area contributed by atoms with E-state index in [-0.39, 0.29) is 11.9 Å². The Morgan fingerprint density at radius 3 is 2.17 bits per heavy atom. The summed E-state index contributed by atoms with van der Waals surface area (Å²) in [6, 6.07) is 0.970. The Kier molecular flexibility index (Phi) is 4.42. The molecule has 3 heteroatoms. The average Bonchev–Trinajstić information content (AvgIpc) is 2.52. The van der Waals surface area contributed by atoms with Gasteiger partial charge in [-0.05, 0) is 81.5 Å². The molecule has 3 atom stereocenters. The van der Waals surface area contributed by atoms with Gasteiger partial charge in [-0.1, -0.05) is 19.8 Å². The van der Waals surface area contributed by atoms with Gasteiger partial charge in [0.15, 0.2) is 0 Å². The van der Waals surface area contributed by atoms with Gasteiger partial charge in [0.2, 0.25) is 5.91 Å². The highest BCUT2D eigenvalue weighted by molar-refractivity contribution is 5.81. The molecule has 0 radical (unpaired) electrons. The number of amides is 1. The standard InChI is InChI=1S/C20H34N2O/c1-12-5-3-4-6-18(12)22-20(23)13(2)21-19-16-8-14-7-15(10-16)11-17(19)9-14/h12-19,21H,3-11H2,1-2H3,(H,22,23)/t12-,13+,14?,15?,16?,17?,18-,19?/m0/s1. The Labute approximate surface area is 141 Å². The summed E-state index contributed by atoms with van der Waals surface area (Å²) in [7, 11) is 0. The molecule has 5 rings (SSSR count). The maximum Gasteiger partial charge on any atom is 0.237 e. The lowest BCUT2D eigenvalue weighted by atomic mass is 9.54. The second kappa shape index (κ2) is 6.38. The quantitative estimate of drug-likeness (QED) is 0.833. The van der Waals surface area contributed by atoms with Crippen molar-refractivity contribution in [2.24, 2.45) is 29.6 Å². The van der Waals surface area contributed by atoms with Gasteiger partial charge in [0.1, 0.15) is 0 Å². The van der Waals surface area contributed by atoms with E-state index in [0.717, 1.165) is 30.1 Å². The van der Waals surface area contributed by atoms with Crippen LogP contribution in [0.5, 0.6) is 0 Å². The highest BCUT2D eigenvalue weighted by Crippen LogP contribution is 2.53. The van der Waals surface area contributed by atoms with Gasteiger partial charge in [-0.3, -0.25) is 4.79 Å².